The molecule has 0 unspecified atom stereocenters. The first-order chi connectivity index (χ1) is 9.66. The van der Waals surface area contributed by atoms with E-state index in [2.05, 4.69) is 34.5 Å². The second kappa shape index (κ2) is 7.14. The number of nitrogens with zero attached hydrogens (tertiary/aromatic N) is 2. The first kappa shape index (κ1) is 14.7. The first-order valence-electron chi connectivity index (χ1n) is 7.03. The molecule has 1 heterocycles. The maximum Gasteiger partial charge on any atom is 0.223 e. The first-order valence-corrected chi connectivity index (χ1v) is 7.03. The van der Waals surface area contributed by atoms with Crippen molar-refractivity contribution in [3.63, 3.8) is 0 Å². The highest BCUT2D eigenvalue weighted by molar-refractivity contribution is 5.76. The van der Waals surface area contributed by atoms with Gasteiger partial charge in [0.2, 0.25) is 5.91 Å². The standard InChI is InChI=1S/C15H23N3O2/c1-17(2)15(19)7-8-16-13-3-5-14(6-4-13)18-9-11-20-12-10-18/h3-6,16H,7-12H2,1-2H3. The highest BCUT2D eigenvalue weighted by Gasteiger charge is 2.10. The summed E-state index contributed by atoms with van der Waals surface area (Å²) >= 11 is 0. The fourth-order valence-electron chi connectivity index (χ4n) is 2.15. The Labute approximate surface area is 120 Å². The maximum absolute atomic E-state index is 11.5. The Morgan fingerprint density at radius 3 is 2.50 bits per heavy atom. The van der Waals surface area contributed by atoms with Gasteiger partial charge in [0.25, 0.3) is 0 Å². The number of hydrogen-bond acceptors (Lipinski definition) is 4. The van der Waals surface area contributed by atoms with E-state index in [4.69, 9.17) is 4.74 Å². The van der Waals surface area contributed by atoms with Crippen LogP contribution >= 0.6 is 0 Å². The van der Waals surface area contributed by atoms with Gasteiger partial charge in [-0.3, -0.25) is 4.79 Å². The second-order valence-corrected chi connectivity index (χ2v) is 5.11. The zero-order chi connectivity index (χ0) is 14.4. The molecule has 110 valence electrons. The summed E-state index contributed by atoms with van der Waals surface area (Å²) in [4.78, 5) is 15.4. The largest absolute Gasteiger partial charge is 0.385 e. The molecule has 0 radical (unpaired) electrons. The van der Waals surface area contributed by atoms with Crippen LogP contribution in [0.4, 0.5) is 11.4 Å². The lowest BCUT2D eigenvalue weighted by Crippen LogP contribution is -2.36. The van der Waals surface area contributed by atoms with Crippen LogP contribution in [-0.2, 0) is 9.53 Å². The molecule has 0 saturated carbocycles. The molecule has 20 heavy (non-hydrogen) atoms. The Balaban J connectivity index is 1.80. The molecule has 1 aromatic carbocycles. The Morgan fingerprint density at radius 2 is 1.90 bits per heavy atom. The van der Waals surface area contributed by atoms with E-state index in [-0.39, 0.29) is 5.91 Å². The molecular weight excluding hydrogens is 254 g/mol. The van der Waals surface area contributed by atoms with Gasteiger partial charge in [0.15, 0.2) is 0 Å². The van der Waals surface area contributed by atoms with Gasteiger partial charge in [0.05, 0.1) is 13.2 Å². The van der Waals surface area contributed by atoms with Crippen LogP contribution in [0.15, 0.2) is 24.3 Å². The molecule has 2 rings (SSSR count). The van der Waals surface area contributed by atoms with E-state index in [1.165, 1.54) is 5.69 Å². The van der Waals surface area contributed by atoms with Crippen LogP contribution in [0.5, 0.6) is 0 Å². The van der Waals surface area contributed by atoms with E-state index in [1.54, 1.807) is 19.0 Å². The summed E-state index contributed by atoms with van der Waals surface area (Å²) in [6.07, 6.45) is 0.512. The average Bonchev–Trinajstić information content (AvgIpc) is 2.48. The van der Waals surface area contributed by atoms with E-state index in [0.29, 0.717) is 13.0 Å². The summed E-state index contributed by atoms with van der Waals surface area (Å²) < 4.78 is 5.35. The average molecular weight is 277 g/mol. The van der Waals surface area contributed by atoms with Crippen molar-refractivity contribution in [3.8, 4) is 0 Å². The highest BCUT2D eigenvalue weighted by atomic mass is 16.5. The number of benzene rings is 1. The third-order valence-corrected chi connectivity index (χ3v) is 3.41. The van der Waals surface area contributed by atoms with Crippen molar-refractivity contribution in [1.29, 1.82) is 0 Å². The summed E-state index contributed by atoms with van der Waals surface area (Å²) in [7, 11) is 3.55. The number of carbonyl (C=O) groups excluding carboxylic acids is 1. The summed E-state index contributed by atoms with van der Waals surface area (Å²) in [6.45, 7) is 4.15. The summed E-state index contributed by atoms with van der Waals surface area (Å²) in [5.74, 6) is 0.141. The summed E-state index contributed by atoms with van der Waals surface area (Å²) in [6, 6.07) is 8.35. The normalized spacial score (nSPS) is 15.0. The molecule has 1 aliphatic rings. The summed E-state index contributed by atoms with van der Waals surface area (Å²) in [5.41, 5.74) is 2.27. The molecule has 1 N–H and O–H groups in total. The van der Waals surface area contributed by atoms with Crippen LogP contribution in [0.1, 0.15) is 6.42 Å². The van der Waals surface area contributed by atoms with Crippen LogP contribution < -0.4 is 10.2 Å². The van der Waals surface area contributed by atoms with Crippen LogP contribution in [0.3, 0.4) is 0 Å². The van der Waals surface area contributed by atoms with E-state index in [1.807, 2.05) is 0 Å². The monoisotopic (exact) mass is 277 g/mol. The molecule has 1 aromatic rings. The van der Waals surface area contributed by atoms with Crippen molar-refractivity contribution in [2.45, 2.75) is 6.42 Å². The Morgan fingerprint density at radius 1 is 1.25 bits per heavy atom. The van der Waals surface area contributed by atoms with Crippen molar-refractivity contribution in [3.05, 3.63) is 24.3 Å². The minimum Gasteiger partial charge on any atom is -0.385 e. The van der Waals surface area contributed by atoms with Crippen LogP contribution in [-0.4, -0.2) is 57.8 Å². The van der Waals surface area contributed by atoms with E-state index in [9.17, 15) is 4.79 Å². The predicted octanol–water partition coefficient (Wildman–Crippen LogP) is 1.41. The fourth-order valence-corrected chi connectivity index (χ4v) is 2.15. The van der Waals surface area contributed by atoms with Crippen LogP contribution in [0, 0.1) is 0 Å². The van der Waals surface area contributed by atoms with Gasteiger partial charge in [-0.2, -0.15) is 0 Å². The molecule has 0 aromatic heterocycles. The lowest BCUT2D eigenvalue weighted by molar-refractivity contribution is -0.128. The third-order valence-electron chi connectivity index (χ3n) is 3.41. The topological polar surface area (TPSA) is 44.8 Å². The molecule has 0 atom stereocenters. The molecule has 5 nitrogen and oxygen atoms in total. The number of amides is 1. The number of morpholine rings is 1. The van der Waals surface area contributed by atoms with Crippen molar-refractivity contribution in [1.82, 2.24) is 4.90 Å². The zero-order valence-corrected chi connectivity index (χ0v) is 12.3. The van der Waals surface area contributed by atoms with Crippen molar-refractivity contribution < 1.29 is 9.53 Å². The third kappa shape index (κ3) is 4.13. The molecule has 0 spiro atoms. The van der Waals surface area contributed by atoms with Gasteiger partial charge in [-0.15, -0.1) is 0 Å². The maximum atomic E-state index is 11.5. The number of anilines is 2. The molecular formula is C15H23N3O2. The Hall–Kier alpha value is -1.75. The van der Waals surface area contributed by atoms with E-state index >= 15 is 0 Å². The quantitative estimate of drug-likeness (QED) is 0.884. The van der Waals surface area contributed by atoms with Gasteiger partial charge in [-0.1, -0.05) is 0 Å². The molecule has 5 heteroatoms. The van der Waals surface area contributed by atoms with Crippen LogP contribution in [0.2, 0.25) is 0 Å². The SMILES string of the molecule is CN(C)C(=O)CCNc1ccc(N2CCOCC2)cc1. The Bertz CT molecular complexity index is 425. The number of nitrogens with one attached hydrogen (secondary N) is 1. The van der Waals surface area contributed by atoms with Crippen molar-refractivity contribution in [2.75, 3.05) is 57.2 Å². The van der Waals surface area contributed by atoms with Crippen molar-refractivity contribution in [2.24, 2.45) is 0 Å². The second-order valence-electron chi connectivity index (χ2n) is 5.11. The number of carbonyl (C=O) groups is 1. The van der Waals surface area contributed by atoms with E-state index in [0.717, 1.165) is 32.0 Å². The van der Waals surface area contributed by atoms with Crippen LogP contribution in [0.25, 0.3) is 0 Å². The predicted molar refractivity (Wildman–Crippen MR) is 81.3 cm³/mol. The number of ether oxygens (including phenoxy) is 1. The lowest BCUT2D eigenvalue weighted by Gasteiger charge is -2.28. The van der Waals surface area contributed by atoms with Gasteiger partial charge in [-0.05, 0) is 24.3 Å². The van der Waals surface area contributed by atoms with Gasteiger partial charge in [0, 0.05) is 51.5 Å². The molecule has 1 aliphatic heterocycles. The molecule has 1 fully saturated rings. The van der Waals surface area contributed by atoms with Gasteiger partial charge < -0.3 is 19.9 Å². The lowest BCUT2D eigenvalue weighted by atomic mass is 10.2. The van der Waals surface area contributed by atoms with Gasteiger partial charge in [0.1, 0.15) is 0 Å². The zero-order valence-electron chi connectivity index (χ0n) is 12.3. The fraction of sp³-hybridized carbons (Fsp3) is 0.533. The molecule has 1 saturated heterocycles. The molecule has 0 bridgehead atoms. The molecule has 0 aliphatic carbocycles. The minimum absolute atomic E-state index is 0.141. The van der Waals surface area contributed by atoms with Gasteiger partial charge in [-0.25, -0.2) is 0 Å². The Kier molecular flexibility index (Phi) is 5.24. The molecule has 1 amide bonds. The highest BCUT2D eigenvalue weighted by Crippen LogP contribution is 2.18. The van der Waals surface area contributed by atoms with E-state index < -0.39 is 0 Å². The smallest absolute Gasteiger partial charge is 0.223 e. The van der Waals surface area contributed by atoms with Gasteiger partial charge >= 0.3 is 0 Å². The number of hydrogen-bond donors (Lipinski definition) is 1. The minimum atomic E-state index is 0.141. The van der Waals surface area contributed by atoms with Crippen molar-refractivity contribution >= 4 is 17.3 Å². The number of rotatable bonds is 5. The summed E-state index contributed by atoms with van der Waals surface area (Å²) in [5, 5.41) is 3.27.